The summed E-state index contributed by atoms with van der Waals surface area (Å²) in [7, 11) is 0. The van der Waals surface area contributed by atoms with Gasteiger partial charge in [-0.05, 0) is 37.1 Å². The van der Waals surface area contributed by atoms with Crippen molar-refractivity contribution >= 4 is 16.7 Å². The molecule has 0 N–H and O–H groups in total. The Morgan fingerprint density at radius 2 is 1.96 bits per heavy atom. The molecule has 0 fully saturated rings. The molecule has 3 aromatic rings. The molecule has 3 rings (SSSR count). The predicted molar refractivity (Wildman–Crippen MR) is 89.4 cm³/mol. The van der Waals surface area contributed by atoms with Gasteiger partial charge >= 0.3 is 5.63 Å². The molecule has 0 atom stereocenters. The zero-order valence-electron chi connectivity index (χ0n) is 13.2. The smallest absolute Gasteiger partial charge is 0.336 e. The van der Waals surface area contributed by atoms with Gasteiger partial charge in [0.2, 0.25) is 0 Å². The van der Waals surface area contributed by atoms with Crippen LogP contribution in [0.3, 0.4) is 0 Å². The molecule has 1 heterocycles. The van der Waals surface area contributed by atoms with E-state index in [1.54, 1.807) is 31.2 Å². The Morgan fingerprint density at radius 1 is 1.17 bits per heavy atom. The van der Waals surface area contributed by atoms with Crippen molar-refractivity contribution in [2.24, 2.45) is 0 Å². The van der Waals surface area contributed by atoms with Gasteiger partial charge in [0, 0.05) is 29.1 Å². The van der Waals surface area contributed by atoms with Gasteiger partial charge in [0.15, 0.2) is 0 Å². The Morgan fingerprint density at radius 3 is 2.71 bits per heavy atom. The van der Waals surface area contributed by atoms with Crippen molar-refractivity contribution in [3.8, 4) is 5.75 Å². The molecule has 24 heavy (non-hydrogen) atoms. The molecule has 1 aromatic heterocycles. The fraction of sp³-hybridized carbons (Fsp3) is 0.167. The van der Waals surface area contributed by atoms with Gasteiger partial charge in [-0.15, -0.1) is 0 Å². The van der Waals surface area contributed by atoms with Crippen LogP contribution in [-0.2, 0) is 6.61 Å². The first kappa shape index (κ1) is 15.7. The van der Waals surface area contributed by atoms with Crippen molar-refractivity contribution in [3.05, 3.63) is 79.7 Å². The van der Waals surface area contributed by atoms with Crippen LogP contribution in [0.2, 0.25) is 0 Å². The van der Waals surface area contributed by atoms with Crippen molar-refractivity contribution in [3.63, 3.8) is 0 Å². The molecular weight excluding hydrogens is 310 g/mol. The minimum atomic E-state index is -0.410. The number of hydrogen-bond donors (Lipinski definition) is 0. The van der Waals surface area contributed by atoms with Gasteiger partial charge in [-0.1, -0.05) is 12.1 Å². The van der Waals surface area contributed by atoms with E-state index in [-0.39, 0.29) is 12.3 Å². The highest BCUT2D eigenvalue weighted by Crippen LogP contribution is 2.25. The fourth-order valence-electron chi connectivity index (χ4n) is 2.58. The molecule has 2 aromatic carbocycles. The summed E-state index contributed by atoms with van der Waals surface area (Å²) in [5.41, 5.74) is 2.25. The Kier molecular flexibility index (Phi) is 4.04. The lowest BCUT2D eigenvalue weighted by atomic mass is 10.1. The molecule has 0 aliphatic carbocycles. The van der Waals surface area contributed by atoms with Crippen molar-refractivity contribution in [2.75, 3.05) is 0 Å². The van der Waals surface area contributed by atoms with Crippen molar-refractivity contribution in [1.29, 1.82) is 0 Å². The zero-order chi connectivity index (χ0) is 17.3. The van der Waals surface area contributed by atoms with Gasteiger partial charge in [0.1, 0.15) is 17.9 Å². The Bertz CT molecular complexity index is 990. The van der Waals surface area contributed by atoms with Gasteiger partial charge in [0.25, 0.3) is 5.69 Å². The van der Waals surface area contributed by atoms with Gasteiger partial charge in [-0.3, -0.25) is 10.1 Å². The lowest BCUT2D eigenvalue weighted by Gasteiger charge is -2.10. The van der Waals surface area contributed by atoms with E-state index < -0.39 is 10.5 Å². The number of rotatable bonds is 4. The van der Waals surface area contributed by atoms with E-state index in [0.29, 0.717) is 16.9 Å². The highest BCUT2D eigenvalue weighted by atomic mass is 16.6. The molecule has 0 saturated carbocycles. The minimum absolute atomic E-state index is 0.0660. The minimum Gasteiger partial charge on any atom is -0.489 e. The predicted octanol–water partition coefficient (Wildman–Crippen LogP) is 3.90. The van der Waals surface area contributed by atoms with E-state index in [4.69, 9.17) is 9.15 Å². The van der Waals surface area contributed by atoms with Crippen molar-refractivity contribution < 1.29 is 14.1 Å². The molecule has 6 heteroatoms. The van der Waals surface area contributed by atoms with Crippen LogP contribution in [-0.4, -0.2) is 4.92 Å². The van der Waals surface area contributed by atoms with Gasteiger partial charge < -0.3 is 9.15 Å². The molecule has 6 nitrogen and oxygen atoms in total. The second-order valence-electron chi connectivity index (χ2n) is 5.51. The Hall–Kier alpha value is -3.15. The van der Waals surface area contributed by atoms with Crippen LogP contribution < -0.4 is 10.4 Å². The van der Waals surface area contributed by atoms with E-state index >= 15 is 0 Å². The summed E-state index contributed by atoms with van der Waals surface area (Å²) in [5, 5.41) is 11.8. The van der Waals surface area contributed by atoms with E-state index in [1.165, 1.54) is 12.1 Å². The maximum Gasteiger partial charge on any atom is 0.336 e. The maximum atomic E-state index is 11.5. The molecule has 0 amide bonds. The van der Waals surface area contributed by atoms with E-state index in [1.807, 2.05) is 13.0 Å². The lowest BCUT2D eigenvalue weighted by Crippen LogP contribution is -2.01. The van der Waals surface area contributed by atoms with Crippen LogP contribution in [0.5, 0.6) is 5.75 Å². The summed E-state index contributed by atoms with van der Waals surface area (Å²) in [5.74, 6) is 0.530. The van der Waals surface area contributed by atoms with Crippen LogP contribution in [0.15, 0.2) is 51.7 Å². The Balaban J connectivity index is 1.88. The van der Waals surface area contributed by atoms with E-state index in [2.05, 4.69) is 0 Å². The second kappa shape index (κ2) is 6.16. The third kappa shape index (κ3) is 2.99. The summed E-state index contributed by atoms with van der Waals surface area (Å²) >= 11 is 0. The number of hydrogen-bond acceptors (Lipinski definition) is 5. The average molecular weight is 325 g/mol. The number of fused-ring (bicyclic) bond motifs is 1. The van der Waals surface area contributed by atoms with Crippen LogP contribution in [0.1, 0.15) is 16.7 Å². The topological polar surface area (TPSA) is 82.6 Å². The van der Waals surface area contributed by atoms with Crippen LogP contribution in [0.25, 0.3) is 11.0 Å². The molecule has 0 radical (unpaired) electrons. The van der Waals surface area contributed by atoms with E-state index in [0.717, 1.165) is 16.5 Å². The van der Waals surface area contributed by atoms with Gasteiger partial charge in [-0.2, -0.15) is 0 Å². The van der Waals surface area contributed by atoms with Crippen LogP contribution in [0.4, 0.5) is 5.69 Å². The third-order valence-electron chi connectivity index (χ3n) is 3.93. The van der Waals surface area contributed by atoms with Crippen LogP contribution in [0, 0.1) is 24.0 Å². The summed E-state index contributed by atoms with van der Waals surface area (Å²) in [6.07, 6.45) is 0. The quantitative estimate of drug-likeness (QED) is 0.413. The third-order valence-corrected chi connectivity index (χ3v) is 3.93. The normalized spacial score (nSPS) is 10.8. The summed E-state index contributed by atoms with van der Waals surface area (Å²) in [6, 6.07) is 11.6. The Labute approximate surface area is 137 Å². The lowest BCUT2D eigenvalue weighted by molar-refractivity contribution is -0.385. The average Bonchev–Trinajstić information content (AvgIpc) is 2.53. The zero-order valence-corrected chi connectivity index (χ0v) is 13.2. The van der Waals surface area contributed by atoms with Gasteiger partial charge in [-0.25, -0.2) is 4.79 Å². The fourth-order valence-corrected chi connectivity index (χ4v) is 2.58. The highest BCUT2D eigenvalue weighted by molar-refractivity contribution is 5.81. The van der Waals surface area contributed by atoms with Crippen LogP contribution >= 0.6 is 0 Å². The first-order valence-corrected chi connectivity index (χ1v) is 7.36. The number of benzene rings is 2. The second-order valence-corrected chi connectivity index (χ2v) is 5.51. The van der Waals surface area contributed by atoms with Gasteiger partial charge in [0.05, 0.1) is 4.92 Å². The maximum absolute atomic E-state index is 11.5. The first-order valence-electron chi connectivity index (χ1n) is 7.36. The molecule has 0 aliphatic heterocycles. The summed E-state index contributed by atoms with van der Waals surface area (Å²) in [4.78, 5) is 22.0. The molecule has 0 aliphatic rings. The van der Waals surface area contributed by atoms with Crippen molar-refractivity contribution in [2.45, 2.75) is 20.5 Å². The van der Waals surface area contributed by atoms with E-state index in [9.17, 15) is 14.9 Å². The number of ether oxygens (including phenoxy) is 1. The van der Waals surface area contributed by atoms with Crippen molar-refractivity contribution in [1.82, 2.24) is 0 Å². The molecule has 0 saturated heterocycles. The molecule has 0 bridgehead atoms. The summed E-state index contributed by atoms with van der Waals surface area (Å²) in [6.45, 7) is 3.72. The number of nitro benzene ring substituents is 1. The standard InChI is InChI=1S/C18H15NO5/c1-11-8-18(20)24-17-9-14(6-7-15(11)17)23-10-13-4-3-5-16(12(13)2)19(21)22/h3-9H,10H2,1-2H3. The number of nitro groups is 1. The highest BCUT2D eigenvalue weighted by Gasteiger charge is 2.13. The first-order chi connectivity index (χ1) is 11.5. The SMILES string of the molecule is Cc1c(COc2ccc3c(C)cc(=O)oc3c2)cccc1[N+](=O)[O-]. The largest absolute Gasteiger partial charge is 0.489 e. The number of nitrogens with zero attached hydrogens (tertiary/aromatic N) is 1. The summed E-state index contributed by atoms with van der Waals surface area (Å²) < 4.78 is 10.9. The molecule has 0 unspecified atom stereocenters. The molecular formula is C18H15NO5. The number of aryl methyl sites for hydroxylation is 1. The molecule has 0 spiro atoms. The monoisotopic (exact) mass is 325 g/mol. The molecule has 122 valence electrons.